The summed E-state index contributed by atoms with van der Waals surface area (Å²) < 4.78 is 33.8. The molecule has 4 heterocycles. The van der Waals surface area contributed by atoms with Gasteiger partial charge in [0.25, 0.3) is 0 Å². The lowest BCUT2D eigenvalue weighted by molar-refractivity contribution is 0.417. The van der Waals surface area contributed by atoms with Gasteiger partial charge in [-0.2, -0.15) is 0 Å². The molecular formula is C26H26N6O3S2. The molecule has 0 spiro atoms. The Morgan fingerprint density at radius 2 is 1.84 bits per heavy atom. The molecule has 5 rings (SSSR count). The molecule has 37 heavy (non-hydrogen) atoms. The minimum atomic E-state index is -3.48. The van der Waals surface area contributed by atoms with Crippen LogP contribution in [0.5, 0.6) is 5.75 Å². The molecular weight excluding hydrogens is 508 g/mol. The topological polar surface area (TPSA) is 101 Å². The zero-order chi connectivity index (χ0) is 26.0. The van der Waals surface area contributed by atoms with Crippen LogP contribution in [0.3, 0.4) is 0 Å². The normalized spacial score (nSPS) is 17.5. The van der Waals surface area contributed by atoms with Crippen LogP contribution in [-0.2, 0) is 16.6 Å². The summed E-state index contributed by atoms with van der Waals surface area (Å²) in [5.74, 6) is 0.384. The van der Waals surface area contributed by atoms with Gasteiger partial charge in [-0.15, -0.1) is 0 Å². The van der Waals surface area contributed by atoms with Gasteiger partial charge in [0.2, 0.25) is 10.0 Å². The molecule has 9 nitrogen and oxygen atoms in total. The van der Waals surface area contributed by atoms with Gasteiger partial charge < -0.3 is 19.5 Å². The monoisotopic (exact) mass is 534 g/mol. The van der Waals surface area contributed by atoms with Gasteiger partial charge in [-0.05, 0) is 60.7 Å². The van der Waals surface area contributed by atoms with Crippen molar-refractivity contribution in [3.63, 3.8) is 0 Å². The molecule has 0 radical (unpaired) electrons. The van der Waals surface area contributed by atoms with E-state index in [1.807, 2.05) is 59.6 Å². The van der Waals surface area contributed by atoms with Gasteiger partial charge in [-0.3, -0.25) is 14.7 Å². The zero-order valence-electron chi connectivity index (χ0n) is 20.3. The first-order valence-electron chi connectivity index (χ1n) is 11.6. The Hall–Kier alpha value is -3.96. The first-order chi connectivity index (χ1) is 17.8. The second-order valence-corrected chi connectivity index (χ2v) is 10.8. The number of thiocarbonyl (C=S) groups is 1. The fourth-order valence-corrected chi connectivity index (χ4v) is 5.47. The highest BCUT2D eigenvalue weighted by Crippen LogP contribution is 2.43. The van der Waals surface area contributed by atoms with E-state index >= 15 is 0 Å². The molecule has 2 N–H and O–H groups in total. The van der Waals surface area contributed by atoms with Crippen molar-refractivity contribution in [1.82, 2.24) is 19.9 Å². The van der Waals surface area contributed by atoms with Gasteiger partial charge in [0, 0.05) is 36.0 Å². The minimum Gasteiger partial charge on any atom is -0.494 e. The fraction of sp³-hybridized carbons (Fsp3) is 0.192. The van der Waals surface area contributed by atoms with E-state index in [2.05, 4.69) is 30.6 Å². The van der Waals surface area contributed by atoms with Crippen LogP contribution in [0.1, 0.15) is 29.2 Å². The van der Waals surface area contributed by atoms with Crippen molar-refractivity contribution in [2.24, 2.45) is 0 Å². The van der Waals surface area contributed by atoms with E-state index in [1.54, 1.807) is 24.5 Å². The van der Waals surface area contributed by atoms with E-state index < -0.39 is 10.0 Å². The predicted molar refractivity (Wildman–Crippen MR) is 147 cm³/mol. The van der Waals surface area contributed by atoms with Gasteiger partial charge in [0.1, 0.15) is 11.8 Å². The molecule has 190 valence electrons. The van der Waals surface area contributed by atoms with E-state index in [-0.39, 0.29) is 12.1 Å². The Bertz CT molecular complexity index is 1510. The lowest BCUT2D eigenvalue weighted by atomic mass is 10.0. The number of ether oxygens (including phenoxy) is 1. The van der Waals surface area contributed by atoms with Crippen molar-refractivity contribution >= 4 is 38.7 Å². The van der Waals surface area contributed by atoms with Crippen molar-refractivity contribution in [2.45, 2.75) is 18.6 Å². The van der Waals surface area contributed by atoms with Crippen LogP contribution < -0.4 is 19.7 Å². The molecule has 2 unspecified atom stereocenters. The van der Waals surface area contributed by atoms with Gasteiger partial charge in [0.05, 0.1) is 43.0 Å². The molecule has 3 aromatic heterocycles. The lowest BCUT2D eigenvalue weighted by Gasteiger charge is -2.29. The molecule has 0 aliphatic carbocycles. The molecule has 4 aromatic rings. The van der Waals surface area contributed by atoms with E-state index in [0.717, 1.165) is 29.0 Å². The van der Waals surface area contributed by atoms with Gasteiger partial charge in [-0.1, -0.05) is 12.1 Å². The molecule has 0 amide bonds. The van der Waals surface area contributed by atoms with Crippen molar-refractivity contribution in [2.75, 3.05) is 23.0 Å². The third-order valence-corrected chi connectivity index (χ3v) is 6.99. The second kappa shape index (κ2) is 10.2. The van der Waals surface area contributed by atoms with Crippen LogP contribution in [0, 0.1) is 0 Å². The summed E-state index contributed by atoms with van der Waals surface area (Å²) in [6.45, 7) is 0.593. The maximum absolute atomic E-state index is 11.8. The summed E-state index contributed by atoms with van der Waals surface area (Å²) in [5, 5.41) is 3.98. The first-order valence-corrected chi connectivity index (χ1v) is 13.9. The number of pyridine rings is 2. The average Bonchev–Trinajstić information content (AvgIpc) is 3.48. The Morgan fingerprint density at radius 3 is 2.51 bits per heavy atom. The summed E-state index contributed by atoms with van der Waals surface area (Å²) in [6.07, 6.45) is 6.68. The number of hydrogen-bond donors (Lipinski definition) is 2. The molecule has 11 heteroatoms. The summed E-state index contributed by atoms with van der Waals surface area (Å²) in [5.41, 5.74) is 3.91. The number of sulfonamides is 1. The molecule has 2 atom stereocenters. The fourth-order valence-electron chi connectivity index (χ4n) is 4.55. The van der Waals surface area contributed by atoms with Gasteiger partial charge in [0.15, 0.2) is 5.11 Å². The maximum atomic E-state index is 11.8. The first kappa shape index (κ1) is 24.7. The highest BCUT2D eigenvalue weighted by atomic mass is 32.2. The number of anilines is 2. The Balaban J connectivity index is 1.60. The van der Waals surface area contributed by atoms with Crippen LogP contribution in [-0.4, -0.2) is 41.4 Å². The summed E-state index contributed by atoms with van der Waals surface area (Å²) >= 11 is 5.84. The highest BCUT2D eigenvalue weighted by Gasteiger charge is 2.42. The van der Waals surface area contributed by atoms with E-state index in [0.29, 0.717) is 23.1 Å². The third kappa shape index (κ3) is 5.27. The number of benzene rings is 1. The molecule has 0 bridgehead atoms. The van der Waals surface area contributed by atoms with E-state index in [1.165, 1.54) is 7.11 Å². The molecule has 1 saturated heterocycles. The Kier molecular flexibility index (Phi) is 6.81. The second-order valence-electron chi connectivity index (χ2n) is 8.64. The SMILES string of the molecule is COc1cc(N2C(=S)NC(c3ccccn3)C2c2cccn2Cc2ccccn2)ccc1NS(C)(=O)=O. The van der Waals surface area contributed by atoms with Crippen molar-refractivity contribution in [1.29, 1.82) is 0 Å². The molecule has 1 fully saturated rings. The van der Waals surface area contributed by atoms with Crippen molar-refractivity contribution in [3.05, 3.63) is 102 Å². The van der Waals surface area contributed by atoms with E-state index in [9.17, 15) is 8.42 Å². The smallest absolute Gasteiger partial charge is 0.229 e. The molecule has 1 aromatic carbocycles. The summed E-state index contributed by atoms with van der Waals surface area (Å²) in [6, 6.07) is 20.5. The largest absolute Gasteiger partial charge is 0.494 e. The number of rotatable bonds is 8. The number of nitrogens with zero attached hydrogens (tertiary/aromatic N) is 4. The van der Waals surface area contributed by atoms with Gasteiger partial charge in [-0.25, -0.2) is 8.42 Å². The number of nitrogens with one attached hydrogen (secondary N) is 2. The van der Waals surface area contributed by atoms with E-state index in [4.69, 9.17) is 17.0 Å². The third-order valence-electron chi connectivity index (χ3n) is 6.08. The van der Waals surface area contributed by atoms with Crippen molar-refractivity contribution in [3.8, 4) is 5.75 Å². The molecule has 1 aliphatic heterocycles. The Labute approximate surface area is 221 Å². The predicted octanol–water partition coefficient (Wildman–Crippen LogP) is 3.88. The van der Waals surface area contributed by atoms with Crippen LogP contribution in [0.25, 0.3) is 0 Å². The van der Waals surface area contributed by atoms with Crippen LogP contribution in [0.4, 0.5) is 11.4 Å². The van der Waals surface area contributed by atoms with Gasteiger partial charge >= 0.3 is 0 Å². The highest BCUT2D eigenvalue weighted by molar-refractivity contribution is 7.92. The Morgan fingerprint density at radius 1 is 1.05 bits per heavy atom. The minimum absolute atomic E-state index is 0.231. The number of aromatic nitrogens is 3. The number of methoxy groups -OCH3 is 1. The van der Waals surface area contributed by atoms with Crippen LogP contribution in [0.2, 0.25) is 0 Å². The number of hydrogen-bond acceptors (Lipinski definition) is 6. The van der Waals surface area contributed by atoms with Crippen molar-refractivity contribution < 1.29 is 13.2 Å². The standard InChI is InChI=1S/C26H26N6O3S2/c1-35-23-16-19(11-12-20(23)30-37(2,33)34)32-25(24(29-26(32)36)21-9-4-6-14-28-21)22-10-7-15-31(22)17-18-8-3-5-13-27-18/h3-16,24-25,30H,17H2,1-2H3,(H,29,36). The quantitative estimate of drug-likeness (QED) is 0.329. The van der Waals surface area contributed by atoms with Crippen LogP contribution >= 0.6 is 12.2 Å². The average molecular weight is 535 g/mol. The molecule has 1 aliphatic rings. The molecule has 0 saturated carbocycles. The maximum Gasteiger partial charge on any atom is 0.229 e. The summed E-state index contributed by atoms with van der Waals surface area (Å²) in [4.78, 5) is 11.1. The zero-order valence-corrected chi connectivity index (χ0v) is 21.9. The van der Waals surface area contributed by atoms with Crippen LogP contribution in [0.15, 0.2) is 85.3 Å². The summed E-state index contributed by atoms with van der Waals surface area (Å²) in [7, 11) is -1.98. The lowest BCUT2D eigenvalue weighted by Crippen LogP contribution is -2.30.